The Morgan fingerprint density at radius 3 is 2.65 bits per heavy atom. The van der Waals surface area contributed by atoms with E-state index >= 15 is 0 Å². The van der Waals surface area contributed by atoms with Crippen LogP contribution in [0.2, 0.25) is 0 Å². The predicted molar refractivity (Wildman–Crippen MR) is 96.3 cm³/mol. The summed E-state index contributed by atoms with van der Waals surface area (Å²) in [7, 11) is 1.64. The van der Waals surface area contributed by atoms with Crippen LogP contribution < -0.4 is 9.64 Å². The van der Waals surface area contributed by atoms with Gasteiger partial charge in [0, 0.05) is 11.8 Å². The van der Waals surface area contributed by atoms with Gasteiger partial charge in [0.2, 0.25) is 0 Å². The molecule has 1 heterocycles. The van der Waals surface area contributed by atoms with E-state index in [1.54, 1.807) is 14.0 Å². The lowest BCUT2D eigenvalue weighted by Gasteiger charge is -2.31. The Hall–Kier alpha value is -2.43. The highest BCUT2D eigenvalue weighted by molar-refractivity contribution is 5.92. The fourth-order valence-corrected chi connectivity index (χ4v) is 2.94. The lowest BCUT2D eigenvalue weighted by atomic mass is 10.0. The molecule has 7 heteroatoms. The number of nitrogens with one attached hydrogen (secondary N) is 1. The highest BCUT2D eigenvalue weighted by atomic mass is 16.5. The molecule has 26 heavy (non-hydrogen) atoms. The maximum atomic E-state index is 11.7. The smallest absolute Gasteiger partial charge is 0.328 e. The van der Waals surface area contributed by atoms with Crippen LogP contribution >= 0.6 is 0 Å². The van der Waals surface area contributed by atoms with Gasteiger partial charge in [0.25, 0.3) is 0 Å². The third-order valence-corrected chi connectivity index (χ3v) is 4.37. The molecule has 1 aromatic carbocycles. The molecule has 0 aliphatic carbocycles. The van der Waals surface area contributed by atoms with Crippen LogP contribution in [0.25, 0.3) is 0 Å². The summed E-state index contributed by atoms with van der Waals surface area (Å²) in [6.45, 7) is 5.67. The van der Waals surface area contributed by atoms with Gasteiger partial charge in [-0.05, 0) is 31.2 Å². The van der Waals surface area contributed by atoms with Crippen molar-refractivity contribution in [2.75, 3.05) is 46.6 Å². The van der Waals surface area contributed by atoms with Gasteiger partial charge in [0.15, 0.2) is 5.92 Å². The van der Waals surface area contributed by atoms with Crippen LogP contribution in [0.3, 0.4) is 0 Å². The molecule has 2 atom stereocenters. The number of morpholine rings is 1. The molecule has 0 saturated carbocycles. The third kappa shape index (κ3) is 5.55. The molecule has 0 aromatic heterocycles. The zero-order chi connectivity index (χ0) is 18.8. The van der Waals surface area contributed by atoms with Crippen LogP contribution in [0, 0.1) is 17.2 Å². The molecule has 0 unspecified atom stereocenters. The molecule has 1 aliphatic rings. The zero-order valence-corrected chi connectivity index (χ0v) is 15.3. The second-order valence-corrected chi connectivity index (χ2v) is 5.97. The first-order chi connectivity index (χ1) is 12.7. The first kappa shape index (κ1) is 19.9. The summed E-state index contributed by atoms with van der Waals surface area (Å²) >= 11 is 0. The summed E-state index contributed by atoms with van der Waals surface area (Å²) in [6, 6.07) is 9.99. The largest absolute Gasteiger partial charge is 0.497 e. The predicted octanol–water partition coefficient (Wildman–Crippen LogP) is 0.425. The first-order valence-corrected chi connectivity index (χ1v) is 8.82. The highest BCUT2D eigenvalue weighted by Gasteiger charge is 2.26. The third-order valence-electron chi connectivity index (χ3n) is 4.37. The second kappa shape index (κ2) is 10.5. The van der Waals surface area contributed by atoms with Crippen molar-refractivity contribution in [3.05, 3.63) is 29.8 Å². The SMILES string of the molecule is CCOC(=O)[C@@H](C#N)C=NC[C@H](c1ccc(OC)cc1)[NH+]1CCOCC1. The van der Waals surface area contributed by atoms with E-state index in [-0.39, 0.29) is 12.6 Å². The second-order valence-electron chi connectivity index (χ2n) is 5.97. The van der Waals surface area contributed by atoms with E-state index < -0.39 is 11.9 Å². The quantitative estimate of drug-likeness (QED) is 0.537. The van der Waals surface area contributed by atoms with E-state index in [0.29, 0.717) is 6.54 Å². The molecule has 0 spiro atoms. The fourth-order valence-electron chi connectivity index (χ4n) is 2.94. The molecule has 1 fully saturated rings. The number of hydrogen-bond acceptors (Lipinski definition) is 6. The van der Waals surface area contributed by atoms with Crippen LogP contribution in [0.15, 0.2) is 29.3 Å². The van der Waals surface area contributed by atoms with Crippen molar-refractivity contribution in [3.63, 3.8) is 0 Å². The van der Waals surface area contributed by atoms with Crippen LogP contribution in [-0.2, 0) is 14.3 Å². The molecule has 7 nitrogen and oxygen atoms in total. The van der Waals surface area contributed by atoms with Crippen molar-refractivity contribution in [1.29, 1.82) is 5.26 Å². The summed E-state index contributed by atoms with van der Waals surface area (Å²) in [6.07, 6.45) is 1.40. The molecular formula is C19H26N3O4+. The van der Waals surface area contributed by atoms with Gasteiger partial charge in [-0.2, -0.15) is 5.26 Å². The molecule has 0 bridgehead atoms. The highest BCUT2D eigenvalue weighted by Crippen LogP contribution is 2.16. The van der Waals surface area contributed by atoms with Crippen molar-refractivity contribution in [1.82, 2.24) is 0 Å². The Morgan fingerprint density at radius 1 is 1.38 bits per heavy atom. The van der Waals surface area contributed by atoms with Gasteiger partial charge in [0.05, 0.1) is 39.5 Å². The number of nitriles is 1. The minimum Gasteiger partial charge on any atom is -0.497 e. The maximum absolute atomic E-state index is 11.7. The molecular weight excluding hydrogens is 334 g/mol. The van der Waals surface area contributed by atoms with E-state index in [4.69, 9.17) is 19.5 Å². The molecule has 0 amide bonds. The standard InChI is InChI=1S/C19H25N3O4/c1-3-26-19(23)16(12-20)13-21-14-18(22-8-10-25-11-9-22)15-4-6-17(24-2)7-5-15/h4-7,13,16,18H,3,8-11,14H2,1-2H3/p+1/t16-,18+/m0/s1. The lowest BCUT2D eigenvalue weighted by molar-refractivity contribution is -0.937. The van der Waals surface area contributed by atoms with Gasteiger partial charge >= 0.3 is 5.97 Å². The lowest BCUT2D eigenvalue weighted by Crippen LogP contribution is -3.14. The molecule has 1 N–H and O–H groups in total. The number of esters is 1. The summed E-state index contributed by atoms with van der Waals surface area (Å²) in [5, 5.41) is 9.13. The minimum atomic E-state index is -0.967. The van der Waals surface area contributed by atoms with E-state index in [1.807, 2.05) is 30.3 Å². The topological polar surface area (TPSA) is 85.4 Å². The van der Waals surface area contributed by atoms with Crippen LogP contribution in [0.1, 0.15) is 18.5 Å². The molecule has 1 aromatic rings. The average Bonchev–Trinajstić information content (AvgIpc) is 2.69. The maximum Gasteiger partial charge on any atom is 0.328 e. The number of ether oxygens (including phenoxy) is 3. The number of methoxy groups -OCH3 is 1. The monoisotopic (exact) mass is 360 g/mol. The normalized spacial score (nSPS) is 17.4. The van der Waals surface area contributed by atoms with Crippen molar-refractivity contribution in [2.24, 2.45) is 10.9 Å². The molecule has 1 saturated heterocycles. The number of carbonyl (C=O) groups excluding carboxylic acids is 1. The number of aliphatic imine (C=N–C) groups is 1. The van der Waals surface area contributed by atoms with E-state index in [9.17, 15) is 4.79 Å². The van der Waals surface area contributed by atoms with Crippen molar-refractivity contribution in [3.8, 4) is 11.8 Å². The number of quaternary nitrogens is 1. The molecule has 2 rings (SSSR count). The Morgan fingerprint density at radius 2 is 2.08 bits per heavy atom. The van der Waals surface area contributed by atoms with Crippen LogP contribution in [-0.4, -0.2) is 58.7 Å². The van der Waals surface area contributed by atoms with Gasteiger partial charge in [-0.25, -0.2) is 0 Å². The van der Waals surface area contributed by atoms with E-state index in [0.717, 1.165) is 37.6 Å². The van der Waals surface area contributed by atoms with Gasteiger partial charge in [-0.15, -0.1) is 0 Å². The Labute approximate surface area is 154 Å². The summed E-state index contributed by atoms with van der Waals surface area (Å²) in [4.78, 5) is 17.5. The Kier molecular flexibility index (Phi) is 8.06. The van der Waals surface area contributed by atoms with Crippen molar-refractivity contribution in [2.45, 2.75) is 13.0 Å². The van der Waals surface area contributed by atoms with Crippen LogP contribution in [0.5, 0.6) is 5.75 Å². The van der Waals surface area contributed by atoms with E-state index in [1.165, 1.54) is 11.1 Å². The number of hydrogen-bond donors (Lipinski definition) is 1. The Balaban J connectivity index is 2.11. The van der Waals surface area contributed by atoms with E-state index in [2.05, 4.69) is 4.99 Å². The zero-order valence-electron chi connectivity index (χ0n) is 15.3. The first-order valence-electron chi connectivity index (χ1n) is 8.82. The summed E-state index contributed by atoms with van der Waals surface area (Å²) < 4.78 is 15.6. The molecule has 1 aliphatic heterocycles. The minimum absolute atomic E-state index is 0.127. The van der Waals surface area contributed by atoms with Gasteiger partial charge in [-0.3, -0.25) is 9.79 Å². The molecule has 140 valence electrons. The fraction of sp³-hybridized carbons (Fsp3) is 0.526. The van der Waals surface area contributed by atoms with Crippen LogP contribution in [0.4, 0.5) is 0 Å². The van der Waals surface area contributed by atoms with Crippen molar-refractivity contribution < 1.29 is 23.9 Å². The number of nitrogens with zero attached hydrogens (tertiary/aromatic N) is 2. The summed E-state index contributed by atoms with van der Waals surface area (Å²) in [5.74, 6) is -0.718. The number of carbonyl (C=O) groups is 1. The van der Waals surface area contributed by atoms with Crippen molar-refractivity contribution >= 4 is 12.2 Å². The van der Waals surface area contributed by atoms with Gasteiger partial charge in [0.1, 0.15) is 24.9 Å². The summed E-state index contributed by atoms with van der Waals surface area (Å²) in [5.41, 5.74) is 1.14. The number of rotatable bonds is 8. The van der Waals surface area contributed by atoms with Gasteiger partial charge < -0.3 is 19.1 Å². The Bertz CT molecular complexity index is 633. The average molecular weight is 360 g/mol. The van der Waals surface area contributed by atoms with Gasteiger partial charge in [-0.1, -0.05) is 0 Å². The number of benzene rings is 1. The molecule has 0 radical (unpaired) electrons.